The van der Waals surface area contributed by atoms with Gasteiger partial charge in [-0.25, -0.2) is 0 Å². The van der Waals surface area contributed by atoms with Gasteiger partial charge in [0.15, 0.2) is 0 Å². The molecule has 4 heteroatoms. The maximum Gasteiger partial charge on any atom is 0.308 e. The Bertz CT molecular complexity index is 470. The third-order valence-electron chi connectivity index (χ3n) is 3.32. The fraction of sp³-hybridized carbons (Fsp3) is 0.429. The van der Waals surface area contributed by atoms with Crippen molar-refractivity contribution in [2.45, 2.75) is 19.8 Å². The molecule has 96 valence electrons. The minimum atomic E-state index is -0.809. The largest absolute Gasteiger partial charge is 0.481 e. The maximum atomic E-state index is 12.3. The summed E-state index contributed by atoms with van der Waals surface area (Å²) in [5.41, 5.74) is 1.67. The molecule has 1 aromatic rings. The Hall–Kier alpha value is -1.84. The van der Waals surface area contributed by atoms with Crippen molar-refractivity contribution >= 4 is 11.9 Å². The summed E-state index contributed by atoms with van der Waals surface area (Å²) >= 11 is 0. The highest BCUT2D eigenvalue weighted by atomic mass is 16.4. The Kier molecular flexibility index (Phi) is 3.65. The molecule has 2 rings (SSSR count). The highest BCUT2D eigenvalue weighted by Crippen LogP contribution is 2.19. The van der Waals surface area contributed by atoms with Gasteiger partial charge in [-0.3, -0.25) is 9.59 Å². The van der Waals surface area contributed by atoms with Crippen LogP contribution in [-0.4, -0.2) is 35.0 Å². The molecule has 0 aromatic heterocycles. The van der Waals surface area contributed by atoms with Gasteiger partial charge in [0.2, 0.25) is 0 Å². The van der Waals surface area contributed by atoms with E-state index in [1.807, 2.05) is 25.1 Å². The first kappa shape index (κ1) is 12.6. The first-order chi connectivity index (χ1) is 8.58. The van der Waals surface area contributed by atoms with Gasteiger partial charge in [0, 0.05) is 18.7 Å². The van der Waals surface area contributed by atoms with E-state index in [4.69, 9.17) is 5.11 Å². The van der Waals surface area contributed by atoms with E-state index >= 15 is 0 Å². The summed E-state index contributed by atoms with van der Waals surface area (Å²) in [6.45, 7) is 2.91. The van der Waals surface area contributed by atoms with Gasteiger partial charge in [-0.2, -0.15) is 0 Å². The number of piperidine rings is 1. The molecule has 1 aliphatic rings. The van der Waals surface area contributed by atoms with Crippen molar-refractivity contribution in [2.75, 3.05) is 13.1 Å². The summed E-state index contributed by atoms with van der Waals surface area (Å²) in [6, 6.07) is 7.40. The molecule has 1 atom stereocenters. The third kappa shape index (κ3) is 2.70. The molecule has 0 aliphatic carbocycles. The number of carbonyl (C=O) groups excluding carboxylic acids is 1. The fourth-order valence-electron chi connectivity index (χ4n) is 2.32. The molecule has 0 spiro atoms. The summed E-state index contributed by atoms with van der Waals surface area (Å²) in [4.78, 5) is 24.9. The van der Waals surface area contributed by atoms with Crippen LogP contribution in [0.5, 0.6) is 0 Å². The van der Waals surface area contributed by atoms with Crippen molar-refractivity contribution in [1.29, 1.82) is 0 Å². The Balaban J connectivity index is 2.11. The van der Waals surface area contributed by atoms with Crippen LogP contribution in [0.1, 0.15) is 28.8 Å². The SMILES string of the molecule is Cc1cccc(C(=O)N2CCC[C@H](C(=O)O)C2)c1. The van der Waals surface area contributed by atoms with Crippen LogP contribution in [-0.2, 0) is 4.79 Å². The van der Waals surface area contributed by atoms with Gasteiger partial charge in [-0.05, 0) is 31.9 Å². The topological polar surface area (TPSA) is 57.6 Å². The highest BCUT2D eigenvalue weighted by molar-refractivity contribution is 5.94. The fourth-order valence-corrected chi connectivity index (χ4v) is 2.32. The van der Waals surface area contributed by atoms with E-state index in [1.165, 1.54) is 0 Å². The molecule has 1 N–H and O–H groups in total. The number of likely N-dealkylation sites (tertiary alicyclic amines) is 1. The van der Waals surface area contributed by atoms with E-state index in [1.54, 1.807) is 11.0 Å². The first-order valence-electron chi connectivity index (χ1n) is 6.16. The summed E-state index contributed by atoms with van der Waals surface area (Å²) in [5.74, 6) is -1.30. The molecule has 0 bridgehead atoms. The number of amides is 1. The van der Waals surface area contributed by atoms with Gasteiger partial charge in [0.1, 0.15) is 0 Å². The third-order valence-corrected chi connectivity index (χ3v) is 3.32. The van der Waals surface area contributed by atoms with Crippen LogP contribution in [0.3, 0.4) is 0 Å². The Morgan fingerprint density at radius 2 is 2.17 bits per heavy atom. The molecule has 0 saturated carbocycles. The summed E-state index contributed by atoms with van der Waals surface area (Å²) < 4.78 is 0. The van der Waals surface area contributed by atoms with Crippen LogP contribution >= 0.6 is 0 Å². The average Bonchev–Trinajstić information content (AvgIpc) is 2.38. The van der Waals surface area contributed by atoms with E-state index < -0.39 is 11.9 Å². The molecule has 4 nitrogen and oxygen atoms in total. The predicted molar refractivity (Wildman–Crippen MR) is 67.4 cm³/mol. The number of benzene rings is 1. The van der Waals surface area contributed by atoms with Crippen molar-refractivity contribution < 1.29 is 14.7 Å². The lowest BCUT2D eigenvalue weighted by Crippen LogP contribution is -2.42. The molecular weight excluding hydrogens is 230 g/mol. The zero-order chi connectivity index (χ0) is 13.1. The van der Waals surface area contributed by atoms with Crippen molar-refractivity contribution in [3.05, 3.63) is 35.4 Å². The van der Waals surface area contributed by atoms with Gasteiger partial charge in [-0.1, -0.05) is 17.7 Å². The Morgan fingerprint density at radius 3 is 2.83 bits per heavy atom. The highest BCUT2D eigenvalue weighted by Gasteiger charge is 2.28. The number of aryl methyl sites for hydroxylation is 1. The lowest BCUT2D eigenvalue weighted by atomic mass is 9.97. The number of hydrogen-bond acceptors (Lipinski definition) is 2. The summed E-state index contributed by atoms with van der Waals surface area (Å²) in [7, 11) is 0. The molecular formula is C14H17NO3. The van der Waals surface area contributed by atoms with Gasteiger partial charge >= 0.3 is 5.97 Å². The molecule has 1 aliphatic heterocycles. The van der Waals surface area contributed by atoms with Gasteiger partial charge < -0.3 is 10.0 Å². The second-order valence-corrected chi connectivity index (χ2v) is 4.80. The normalized spacial score (nSPS) is 19.6. The average molecular weight is 247 g/mol. The number of rotatable bonds is 2. The van der Waals surface area contributed by atoms with E-state index in [-0.39, 0.29) is 5.91 Å². The van der Waals surface area contributed by atoms with E-state index in [2.05, 4.69) is 0 Å². The van der Waals surface area contributed by atoms with Crippen LogP contribution in [0, 0.1) is 12.8 Å². The second-order valence-electron chi connectivity index (χ2n) is 4.80. The second kappa shape index (κ2) is 5.21. The molecule has 1 aromatic carbocycles. The van der Waals surface area contributed by atoms with Crippen molar-refractivity contribution in [3.63, 3.8) is 0 Å². The number of hydrogen-bond donors (Lipinski definition) is 1. The number of carbonyl (C=O) groups is 2. The van der Waals surface area contributed by atoms with Crippen LogP contribution in [0.2, 0.25) is 0 Å². The molecule has 1 heterocycles. The molecule has 0 radical (unpaired) electrons. The van der Waals surface area contributed by atoms with E-state index in [0.717, 1.165) is 12.0 Å². The van der Waals surface area contributed by atoms with Crippen LogP contribution in [0.25, 0.3) is 0 Å². The quantitative estimate of drug-likeness (QED) is 0.868. The minimum Gasteiger partial charge on any atom is -0.481 e. The van der Waals surface area contributed by atoms with E-state index in [9.17, 15) is 9.59 Å². The molecule has 1 fully saturated rings. The molecule has 0 unspecified atom stereocenters. The summed E-state index contributed by atoms with van der Waals surface area (Å²) in [6.07, 6.45) is 1.42. The van der Waals surface area contributed by atoms with Crippen LogP contribution in [0.15, 0.2) is 24.3 Å². The smallest absolute Gasteiger partial charge is 0.308 e. The maximum absolute atomic E-state index is 12.3. The summed E-state index contributed by atoms with van der Waals surface area (Å²) in [5, 5.41) is 9.01. The molecule has 1 amide bonds. The Labute approximate surface area is 106 Å². The van der Waals surface area contributed by atoms with Crippen molar-refractivity contribution in [2.24, 2.45) is 5.92 Å². The zero-order valence-corrected chi connectivity index (χ0v) is 10.4. The number of carboxylic acids is 1. The van der Waals surface area contributed by atoms with Crippen molar-refractivity contribution in [1.82, 2.24) is 4.90 Å². The minimum absolute atomic E-state index is 0.0651. The van der Waals surface area contributed by atoms with Crippen molar-refractivity contribution in [3.8, 4) is 0 Å². The predicted octanol–water partition coefficient (Wildman–Crippen LogP) is 1.93. The number of nitrogens with zero attached hydrogens (tertiary/aromatic N) is 1. The lowest BCUT2D eigenvalue weighted by Gasteiger charge is -2.30. The van der Waals surface area contributed by atoms with Crippen LogP contribution < -0.4 is 0 Å². The standard InChI is InChI=1S/C14H17NO3/c1-10-4-2-5-11(8-10)13(16)15-7-3-6-12(9-15)14(17)18/h2,4-5,8,12H,3,6-7,9H2,1H3,(H,17,18)/t12-/m0/s1. The molecule has 1 saturated heterocycles. The number of aliphatic carboxylic acids is 1. The zero-order valence-electron chi connectivity index (χ0n) is 10.4. The van der Waals surface area contributed by atoms with Gasteiger partial charge in [0.05, 0.1) is 5.92 Å². The molecule has 18 heavy (non-hydrogen) atoms. The van der Waals surface area contributed by atoms with Crippen LogP contribution in [0.4, 0.5) is 0 Å². The monoisotopic (exact) mass is 247 g/mol. The number of carboxylic acid groups (broad SMARTS) is 1. The van der Waals surface area contributed by atoms with Gasteiger partial charge in [-0.15, -0.1) is 0 Å². The Morgan fingerprint density at radius 1 is 1.39 bits per heavy atom. The lowest BCUT2D eigenvalue weighted by molar-refractivity contribution is -0.143. The first-order valence-corrected chi connectivity index (χ1v) is 6.16. The van der Waals surface area contributed by atoms with Gasteiger partial charge in [0.25, 0.3) is 5.91 Å². The van der Waals surface area contributed by atoms with E-state index in [0.29, 0.717) is 25.1 Å².